The number of aromatic nitrogens is 3. The van der Waals surface area contributed by atoms with E-state index >= 15 is 0 Å². The van der Waals surface area contributed by atoms with E-state index in [9.17, 15) is 18.0 Å². The lowest BCUT2D eigenvalue weighted by atomic mass is 10.0. The van der Waals surface area contributed by atoms with Gasteiger partial charge in [0.05, 0.1) is 16.8 Å². The minimum atomic E-state index is -4.56. The van der Waals surface area contributed by atoms with E-state index in [1.807, 2.05) is 19.0 Å². The summed E-state index contributed by atoms with van der Waals surface area (Å²) >= 11 is 0. The van der Waals surface area contributed by atoms with Crippen LogP contribution in [-0.2, 0) is 12.7 Å². The molecule has 0 radical (unpaired) electrons. The fourth-order valence-electron chi connectivity index (χ4n) is 4.20. The monoisotopic (exact) mass is 523 g/mol. The molecule has 3 heterocycles. The molecule has 1 atom stereocenters. The average molecular weight is 524 g/mol. The highest BCUT2D eigenvalue weighted by atomic mass is 19.4. The van der Waals surface area contributed by atoms with Crippen LogP contribution in [0.4, 0.5) is 24.7 Å². The second kappa shape index (κ2) is 11.2. The van der Waals surface area contributed by atoms with Crippen LogP contribution in [0, 0.1) is 18.8 Å². The van der Waals surface area contributed by atoms with E-state index in [4.69, 9.17) is 5.73 Å². The Morgan fingerprint density at radius 1 is 1.18 bits per heavy atom. The lowest BCUT2D eigenvalue weighted by Gasteiger charge is -2.22. The highest BCUT2D eigenvalue weighted by molar-refractivity contribution is 6.04. The summed E-state index contributed by atoms with van der Waals surface area (Å²) in [7, 11) is 3.95. The van der Waals surface area contributed by atoms with Gasteiger partial charge in [-0.05, 0) is 69.3 Å². The molecule has 4 rings (SSSR count). The Morgan fingerprint density at radius 2 is 1.97 bits per heavy atom. The normalized spacial score (nSPS) is 15.8. The van der Waals surface area contributed by atoms with Gasteiger partial charge in [-0.2, -0.15) is 13.2 Å². The second-order valence-electron chi connectivity index (χ2n) is 9.42. The summed E-state index contributed by atoms with van der Waals surface area (Å²) in [5, 5.41) is 10.2. The Morgan fingerprint density at radius 3 is 2.63 bits per heavy atom. The molecule has 0 aliphatic carbocycles. The molecule has 8 nitrogen and oxygen atoms in total. The van der Waals surface area contributed by atoms with Gasteiger partial charge in [0, 0.05) is 43.1 Å². The number of rotatable bonds is 5. The summed E-state index contributed by atoms with van der Waals surface area (Å²) in [4.78, 5) is 21.2. The Hall–Kier alpha value is -4.01. The van der Waals surface area contributed by atoms with E-state index < -0.39 is 17.6 Å². The van der Waals surface area contributed by atoms with Crippen molar-refractivity contribution in [2.24, 2.45) is 0 Å². The predicted molar refractivity (Wildman–Crippen MR) is 138 cm³/mol. The number of alkyl halides is 3. The number of aryl methyl sites for hydroxylation is 1. The molecule has 0 saturated carbocycles. The molecule has 11 heteroatoms. The summed E-state index contributed by atoms with van der Waals surface area (Å²) in [5.41, 5.74) is 6.59. The van der Waals surface area contributed by atoms with Crippen LogP contribution < -0.4 is 11.1 Å². The molecule has 0 spiro atoms. The van der Waals surface area contributed by atoms with Crippen molar-refractivity contribution in [1.29, 1.82) is 0 Å². The molecule has 1 aliphatic rings. The first-order valence-electron chi connectivity index (χ1n) is 12.0. The minimum Gasteiger partial charge on any atom is -0.382 e. The Kier molecular flexibility index (Phi) is 7.94. The van der Waals surface area contributed by atoms with Crippen LogP contribution in [0.3, 0.4) is 0 Å². The highest BCUT2D eigenvalue weighted by Crippen LogP contribution is 2.35. The van der Waals surface area contributed by atoms with E-state index in [0.29, 0.717) is 29.5 Å². The molecule has 1 aromatic carbocycles. The van der Waals surface area contributed by atoms with E-state index in [1.54, 1.807) is 19.1 Å². The highest BCUT2D eigenvalue weighted by Gasteiger charge is 2.35. The molecule has 3 N–H and O–H groups in total. The van der Waals surface area contributed by atoms with Gasteiger partial charge in [-0.1, -0.05) is 12.0 Å². The zero-order valence-corrected chi connectivity index (χ0v) is 21.3. The maximum atomic E-state index is 13.9. The summed E-state index contributed by atoms with van der Waals surface area (Å²) in [5.74, 6) is 5.40. The van der Waals surface area contributed by atoms with Crippen molar-refractivity contribution in [3.63, 3.8) is 0 Å². The Bertz CT molecular complexity index is 1380. The second-order valence-corrected chi connectivity index (χ2v) is 9.42. The van der Waals surface area contributed by atoms with Crippen LogP contribution >= 0.6 is 0 Å². The first kappa shape index (κ1) is 27.0. The van der Waals surface area contributed by atoms with Gasteiger partial charge in [-0.3, -0.25) is 14.7 Å². The number of nitrogens with one attached hydrogen (secondary N) is 1. The molecule has 198 valence electrons. The molecule has 0 bridgehead atoms. The van der Waals surface area contributed by atoms with Gasteiger partial charge in [0.1, 0.15) is 11.5 Å². The van der Waals surface area contributed by atoms with Gasteiger partial charge in [0.15, 0.2) is 0 Å². The number of hydrogen-bond donors (Lipinski definition) is 2. The average Bonchev–Trinajstić information content (AvgIpc) is 3.34. The molecule has 1 amide bonds. The smallest absolute Gasteiger partial charge is 0.382 e. The number of hydrogen-bond acceptors (Lipinski definition) is 7. The van der Waals surface area contributed by atoms with Crippen LogP contribution in [0.25, 0.3) is 0 Å². The number of amides is 1. The number of nitrogens with zero attached hydrogens (tertiary/aromatic N) is 5. The van der Waals surface area contributed by atoms with Crippen molar-refractivity contribution in [3.05, 3.63) is 76.2 Å². The van der Waals surface area contributed by atoms with E-state index in [2.05, 4.69) is 37.2 Å². The van der Waals surface area contributed by atoms with Crippen molar-refractivity contribution in [2.75, 3.05) is 38.2 Å². The largest absolute Gasteiger partial charge is 0.416 e. The SMILES string of the molecule is Cc1ncc(C(=O)Nc2ccc(CN3CC[C@H](N(C)C)C3)c(C(F)(F)F)c2)cc1C#Cc1ccc(N)nn1. The number of pyridine rings is 1. The van der Waals surface area contributed by atoms with Gasteiger partial charge >= 0.3 is 6.18 Å². The van der Waals surface area contributed by atoms with Crippen LogP contribution in [0.15, 0.2) is 42.6 Å². The van der Waals surface area contributed by atoms with Crippen LogP contribution in [0.1, 0.15) is 44.9 Å². The predicted octanol–water partition coefficient (Wildman–Crippen LogP) is 3.57. The number of anilines is 2. The molecular formula is C27H28F3N7O. The summed E-state index contributed by atoms with van der Waals surface area (Å²) in [6.45, 7) is 3.36. The minimum absolute atomic E-state index is 0.0454. The topological polar surface area (TPSA) is 100 Å². The lowest BCUT2D eigenvalue weighted by molar-refractivity contribution is -0.138. The number of benzene rings is 1. The fraction of sp³-hybridized carbons (Fsp3) is 0.333. The van der Waals surface area contributed by atoms with E-state index in [1.165, 1.54) is 24.4 Å². The van der Waals surface area contributed by atoms with Crippen molar-refractivity contribution < 1.29 is 18.0 Å². The van der Waals surface area contributed by atoms with Gasteiger partial charge in [0.2, 0.25) is 0 Å². The molecule has 3 aromatic rings. The molecule has 1 aliphatic heterocycles. The first-order valence-corrected chi connectivity index (χ1v) is 12.0. The number of nitrogens with two attached hydrogens (primary N) is 1. The number of likely N-dealkylation sites (N-methyl/N-ethyl adjacent to an activating group) is 1. The summed E-state index contributed by atoms with van der Waals surface area (Å²) in [6.07, 6.45) is -2.30. The molecule has 1 fully saturated rings. The molecule has 38 heavy (non-hydrogen) atoms. The summed E-state index contributed by atoms with van der Waals surface area (Å²) < 4.78 is 41.8. The zero-order chi connectivity index (χ0) is 27.4. The molecule has 1 saturated heterocycles. The van der Waals surface area contributed by atoms with Crippen molar-refractivity contribution in [1.82, 2.24) is 25.0 Å². The zero-order valence-electron chi connectivity index (χ0n) is 21.3. The van der Waals surface area contributed by atoms with Gasteiger partial charge in [-0.15, -0.1) is 10.2 Å². The van der Waals surface area contributed by atoms with Gasteiger partial charge < -0.3 is 16.0 Å². The van der Waals surface area contributed by atoms with Crippen molar-refractivity contribution >= 4 is 17.4 Å². The third-order valence-corrected chi connectivity index (χ3v) is 6.40. The Labute approximate surface area is 219 Å². The standard InChI is InChI=1S/C27H28F3N7O/c1-17-18(4-6-21-8-9-25(31)35-34-21)12-20(14-32-17)26(38)33-22-7-5-19(24(13-22)27(28,29)30)15-37-11-10-23(16-37)36(2)3/h5,7-9,12-14,23H,10-11,15-16H2,1-3H3,(H2,31,35)(H,33,38)/t23-/m0/s1. The van der Waals surface area contributed by atoms with Crippen molar-refractivity contribution in [2.45, 2.75) is 32.1 Å². The third kappa shape index (κ3) is 6.65. The van der Waals surface area contributed by atoms with Gasteiger partial charge in [0.25, 0.3) is 5.91 Å². The van der Waals surface area contributed by atoms with Crippen LogP contribution in [-0.4, -0.2) is 64.1 Å². The number of carbonyl (C=O) groups is 1. The molecule has 0 unspecified atom stereocenters. The van der Waals surface area contributed by atoms with E-state index in [-0.39, 0.29) is 29.2 Å². The third-order valence-electron chi connectivity index (χ3n) is 6.40. The lowest BCUT2D eigenvalue weighted by Crippen LogP contribution is -2.31. The fourth-order valence-corrected chi connectivity index (χ4v) is 4.20. The number of carbonyl (C=O) groups excluding carboxylic acids is 1. The summed E-state index contributed by atoms with van der Waals surface area (Å²) in [6, 6.07) is 8.93. The quantitative estimate of drug-likeness (QED) is 0.493. The number of halogens is 3. The maximum Gasteiger partial charge on any atom is 0.416 e. The molecule has 2 aromatic heterocycles. The maximum absolute atomic E-state index is 13.9. The first-order chi connectivity index (χ1) is 18.0. The van der Waals surface area contributed by atoms with Crippen LogP contribution in [0.2, 0.25) is 0 Å². The number of likely N-dealkylation sites (tertiary alicyclic amines) is 1. The Balaban J connectivity index is 1.52. The number of nitrogen functional groups attached to an aromatic ring is 1. The van der Waals surface area contributed by atoms with Crippen molar-refractivity contribution in [3.8, 4) is 11.8 Å². The molecular weight excluding hydrogens is 495 g/mol. The van der Waals surface area contributed by atoms with E-state index in [0.717, 1.165) is 19.0 Å². The van der Waals surface area contributed by atoms with Gasteiger partial charge in [-0.25, -0.2) is 0 Å². The van der Waals surface area contributed by atoms with Crippen LogP contribution in [0.5, 0.6) is 0 Å².